The molecular formula is C23H30N2O. The number of nitrogens with zero attached hydrogens (tertiary/aromatic N) is 2. The minimum atomic E-state index is 0.317. The molecular weight excluding hydrogens is 320 g/mol. The molecule has 0 atom stereocenters. The maximum atomic E-state index is 9.42. The number of piperazine rings is 1. The zero-order valence-electron chi connectivity index (χ0n) is 15.6. The first kappa shape index (κ1) is 17.6. The molecule has 26 heavy (non-hydrogen) atoms. The van der Waals surface area contributed by atoms with Crippen molar-refractivity contribution in [3.05, 3.63) is 54.1 Å². The monoisotopic (exact) mass is 350 g/mol. The molecule has 0 radical (unpaired) electrons. The SMILES string of the molecule is Oc1ccc(-c2ccc(CN3CCN(C4CCCCC4)CC3)cc2)cc1. The summed E-state index contributed by atoms with van der Waals surface area (Å²) in [6.45, 7) is 5.90. The maximum absolute atomic E-state index is 9.42. The van der Waals surface area contributed by atoms with Gasteiger partial charge in [-0.15, -0.1) is 0 Å². The van der Waals surface area contributed by atoms with Gasteiger partial charge in [-0.05, 0) is 41.7 Å². The third-order valence-electron chi connectivity index (χ3n) is 6.06. The summed E-state index contributed by atoms with van der Waals surface area (Å²) >= 11 is 0. The summed E-state index contributed by atoms with van der Waals surface area (Å²) in [7, 11) is 0. The fourth-order valence-electron chi connectivity index (χ4n) is 4.45. The summed E-state index contributed by atoms with van der Waals surface area (Å²) in [6, 6.07) is 17.2. The second kappa shape index (κ2) is 8.24. The van der Waals surface area contributed by atoms with Gasteiger partial charge in [0.05, 0.1) is 0 Å². The third kappa shape index (κ3) is 4.28. The molecule has 3 nitrogen and oxygen atoms in total. The highest BCUT2D eigenvalue weighted by Gasteiger charge is 2.24. The summed E-state index contributed by atoms with van der Waals surface area (Å²) in [4.78, 5) is 5.33. The molecule has 0 bridgehead atoms. The fourth-order valence-corrected chi connectivity index (χ4v) is 4.45. The van der Waals surface area contributed by atoms with E-state index >= 15 is 0 Å². The standard InChI is InChI=1S/C23H30N2O/c26-23-12-10-21(11-13-23)20-8-6-19(7-9-20)18-24-14-16-25(17-15-24)22-4-2-1-3-5-22/h6-13,22,26H,1-5,14-18H2. The summed E-state index contributed by atoms with van der Waals surface area (Å²) in [5.41, 5.74) is 3.74. The molecule has 0 aromatic heterocycles. The summed E-state index contributed by atoms with van der Waals surface area (Å²) in [6.07, 6.45) is 7.13. The molecule has 1 saturated heterocycles. The van der Waals surface area contributed by atoms with E-state index in [9.17, 15) is 5.11 Å². The lowest BCUT2D eigenvalue weighted by Crippen LogP contribution is -2.50. The van der Waals surface area contributed by atoms with Crippen LogP contribution >= 0.6 is 0 Å². The van der Waals surface area contributed by atoms with E-state index in [1.54, 1.807) is 12.1 Å². The van der Waals surface area contributed by atoms with E-state index in [-0.39, 0.29) is 0 Å². The Morgan fingerprint density at radius 1 is 0.731 bits per heavy atom. The van der Waals surface area contributed by atoms with Crippen LogP contribution in [0.25, 0.3) is 11.1 Å². The van der Waals surface area contributed by atoms with Gasteiger partial charge in [-0.25, -0.2) is 0 Å². The third-order valence-corrected chi connectivity index (χ3v) is 6.06. The molecule has 0 amide bonds. The lowest BCUT2D eigenvalue weighted by Gasteiger charge is -2.40. The molecule has 138 valence electrons. The molecule has 1 N–H and O–H groups in total. The van der Waals surface area contributed by atoms with Crippen LogP contribution in [0.4, 0.5) is 0 Å². The van der Waals surface area contributed by atoms with Gasteiger partial charge < -0.3 is 5.11 Å². The maximum Gasteiger partial charge on any atom is 0.115 e. The van der Waals surface area contributed by atoms with E-state index in [1.807, 2.05) is 12.1 Å². The molecule has 2 aromatic carbocycles. The molecule has 1 aliphatic heterocycles. The Morgan fingerprint density at radius 2 is 1.31 bits per heavy atom. The molecule has 1 saturated carbocycles. The number of rotatable bonds is 4. The lowest BCUT2D eigenvalue weighted by molar-refractivity contribution is 0.0755. The Labute approximate surface area is 157 Å². The predicted molar refractivity (Wildman–Crippen MR) is 107 cm³/mol. The number of benzene rings is 2. The van der Waals surface area contributed by atoms with Gasteiger partial charge in [0.2, 0.25) is 0 Å². The van der Waals surface area contributed by atoms with Gasteiger partial charge >= 0.3 is 0 Å². The first-order chi connectivity index (χ1) is 12.8. The highest BCUT2D eigenvalue weighted by atomic mass is 16.3. The van der Waals surface area contributed by atoms with E-state index in [1.165, 1.54) is 69.4 Å². The average molecular weight is 351 g/mol. The van der Waals surface area contributed by atoms with E-state index in [4.69, 9.17) is 0 Å². The van der Waals surface area contributed by atoms with Crippen LogP contribution in [0.2, 0.25) is 0 Å². The molecule has 1 aliphatic carbocycles. The van der Waals surface area contributed by atoms with Crippen LogP contribution in [0.3, 0.4) is 0 Å². The van der Waals surface area contributed by atoms with Gasteiger partial charge in [0, 0.05) is 38.8 Å². The van der Waals surface area contributed by atoms with Crippen molar-refractivity contribution in [1.82, 2.24) is 9.80 Å². The Balaban J connectivity index is 1.30. The second-order valence-electron chi connectivity index (χ2n) is 7.85. The van der Waals surface area contributed by atoms with Crippen molar-refractivity contribution in [3.8, 4) is 16.9 Å². The Bertz CT molecular complexity index is 681. The Hall–Kier alpha value is -1.84. The highest BCUT2D eigenvalue weighted by molar-refractivity contribution is 5.64. The van der Waals surface area contributed by atoms with Crippen molar-refractivity contribution in [2.24, 2.45) is 0 Å². The predicted octanol–water partition coefficient (Wildman–Crippen LogP) is 4.51. The van der Waals surface area contributed by atoms with Crippen LogP contribution in [-0.4, -0.2) is 47.1 Å². The van der Waals surface area contributed by atoms with Crippen molar-refractivity contribution in [2.45, 2.75) is 44.7 Å². The van der Waals surface area contributed by atoms with Gasteiger partial charge in [0.15, 0.2) is 0 Å². The first-order valence-electron chi connectivity index (χ1n) is 10.1. The Kier molecular flexibility index (Phi) is 5.57. The van der Waals surface area contributed by atoms with Gasteiger partial charge in [-0.3, -0.25) is 9.80 Å². The summed E-state index contributed by atoms with van der Waals surface area (Å²) in [5.74, 6) is 0.317. The van der Waals surface area contributed by atoms with Crippen LogP contribution in [-0.2, 0) is 6.54 Å². The van der Waals surface area contributed by atoms with E-state index in [0.29, 0.717) is 5.75 Å². The normalized spacial score (nSPS) is 20.3. The lowest BCUT2D eigenvalue weighted by atomic mass is 9.94. The summed E-state index contributed by atoms with van der Waals surface area (Å²) < 4.78 is 0. The van der Waals surface area contributed by atoms with Crippen molar-refractivity contribution >= 4 is 0 Å². The van der Waals surface area contributed by atoms with Crippen molar-refractivity contribution in [1.29, 1.82) is 0 Å². The molecule has 2 fully saturated rings. The molecule has 1 heterocycles. The number of hydrogen-bond acceptors (Lipinski definition) is 3. The van der Waals surface area contributed by atoms with Gasteiger partial charge in [-0.1, -0.05) is 55.7 Å². The minimum Gasteiger partial charge on any atom is -0.508 e. The zero-order valence-corrected chi connectivity index (χ0v) is 15.6. The van der Waals surface area contributed by atoms with Crippen LogP contribution in [0.15, 0.2) is 48.5 Å². The van der Waals surface area contributed by atoms with Gasteiger partial charge in [-0.2, -0.15) is 0 Å². The second-order valence-corrected chi connectivity index (χ2v) is 7.85. The van der Waals surface area contributed by atoms with Gasteiger partial charge in [0.25, 0.3) is 0 Å². The quantitative estimate of drug-likeness (QED) is 0.879. The fraction of sp³-hybridized carbons (Fsp3) is 0.478. The smallest absolute Gasteiger partial charge is 0.115 e. The molecule has 2 aromatic rings. The van der Waals surface area contributed by atoms with Crippen molar-refractivity contribution in [3.63, 3.8) is 0 Å². The Morgan fingerprint density at radius 3 is 1.92 bits per heavy atom. The number of aromatic hydroxyl groups is 1. The van der Waals surface area contributed by atoms with Crippen LogP contribution < -0.4 is 0 Å². The van der Waals surface area contributed by atoms with Crippen molar-refractivity contribution in [2.75, 3.05) is 26.2 Å². The molecule has 2 aliphatic rings. The topological polar surface area (TPSA) is 26.7 Å². The van der Waals surface area contributed by atoms with E-state index in [2.05, 4.69) is 34.1 Å². The molecule has 0 spiro atoms. The molecule has 0 unspecified atom stereocenters. The number of phenolic OH excluding ortho intramolecular Hbond substituents is 1. The van der Waals surface area contributed by atoms with Crippen molar-refractivity contribution < 1.29 is 5.11 Å². The first-order valence-corrected chi connectivity index (χ1v) is 10.1. The van der Waals surface area contributed by atoms with Crippen LogP contribution in [0.5, 0.6) is 5.75 Å². The molecule has 4 rings (SSSR count). The van der Waals surface area contributed by atoms with E-state index < -0.39 is 0 Å². The number of hydrogen-bond donors (Lipinski definition) is 1. The van der Waals surface area contributed by atoms with Crippen LogP contribution in [0.1, 0.15) is 37.7 Å². The largest absolute Gasteiger partial charge is 0.508 e. The number of phenols is 1. The highest BCUT2D eigenvalue weighted by Crippen LogP contribution is 2.25. The van der Waals surface area contributed by atoms with E-state index in [0.717, 1.165) is 18.2 Å². The summed E-state index contributed by atoms with van der Waals surface area (Å²) in [5, 5.41) is 9.42. The average Bonchev–Trinajstić information content (AvgIpc) is 2.71. The van der Waals surface area contributed by atoms with Crippen LogP contribution in [0, 0.1) is 0 Å². The van der Waals surface area contributed by atoms with Gasteiger partial charge in [0.1, 0.15) is 5.75 Å². The zero-order chi connectivity index (χ0) is 17.8. The minimum absolute atomic E-state index is 0.317. The molecule has 3 heteroatoms.